The number of carbonyl (C=O) groups excluding carboxylic acids is 1. The standard InChI is InChI=1S/C13H10F2N2O/c14-10-1-2-11(12(15)7-10)13(18)17-8-9-3-5-16-6-4-9/h1-7H,8H2,(H,17,18). The van der Waals surface area contributed by atoms with Gasteiger partial charge in [0.25, 0.3) is 5.91 Å². The summed E-state index contributed by atoms with van der Waals surface area (Å²) in [4.78, 5) is 15.5. The van der Waals surface area contributed by atoms with Crippen molar-refractivity contribution in [2.75, 3.05) is 0 Å². The number of hydrogen-bond acceptors (Lipinski definition) is 2. The van der Waals surface area contributed by atoms with Gasteiger partial charge in [0.15, 0.2) is 0 Å². The van der Waals surface area contributed by atoms with Gasteiger partial charge in [-0.1, -0.05) is 0 Å². The zero-order chi connectivity index (χ0) is 13.0. The van der Waals surface area contributed by atoms with Gasteiger partial charge >= 0.3 is 0 Å². The fourth-order valence-electron chi connectivity index (χ4n) is 1.45. The first kappa shape index (κ1) is 12.2. The lowest BCUT2D eigenvalue weighted by Gasteiger charge is -2.06. The summed E-state index contributed by atoms with van der Waals surface area (Å²) < 4.78 is 26.0. The van der Waals surface area contributed by atoms with Crippen molar-refractivity contribution >= 4 is 5.91 Å². The van der Waals surface area contributed by atoms with Crippen LogP contribution in [0.3, 0.4) is 0 Å². The zero-order valence-corrected chi connectivity index (χ0v) is 9.36. The van der Waals surface area contributed by atoms with Crippen molar-refractivity contribution < 1.29 is 13.6 Å². The van der Waals surface area contributed by atoms with Crippen LogP contribution >= 0.6 is 0 Å². The van der Waals surface area contributed by atoms with Gasteiger partial charge in [-0.2, -0.15) is 0 Å². The lowest BCUT2D eigenvalue weighted by atomic mass is 10.2. The first-order valence-electron chi connectivity index (χ1n) is 5.29. The molecule has 0 unspecified atom stereocenters. The molecule has 1 amide bonds. The summed E-state index contributed by atoms with van der Waals surface area (Å²) in [6.45, 7) is 0.262. The Morgan fingerprint density at radius 1 is 1.17 bits per heavy atom. The van der Waals surface area contributed by atoms with Crippen molar-refractivity contribution in [3.63, 3.8) is 0 Å². The number of nitrogens with one attached hydrogen (secondary N) is 1. The maximum Gasteiger partial charge on any atom is 0.254 e. The summed E-state index contributed by atoms with van der Waals surface area (Å²) in [5, 5.41) is 2.55. The second-order valence-corrected chi connectivity index (χ2v) is 3.66. The predicted octanol–water partition coefficient (Wildman–Crippen LogP) is 2.29. The molecule has 0 atom stereocenters. The molecule has 0 aliphatic carbocycles. The molecular formula is C13H10F2N2O. The predicted molar refractivity (Wildman–Crippen MR) is 61.8 cm³/mol. The third-order valence-electron chi connectivity index (χ3n) is 2.38. The van der Waals surface area contributed by atoms with Crippen LogP contribution in [0.5, 0.6) is 0 Å². The molecule has 0 saturated carbocycles. The van der Waals surface area contributed by atoms with Gasteiger partial charge in [-0.05, 0) is 29.8 Å². The fraction of sp³-hybridized carbons (Fsp3) is 0.0769. The minimum atomic E-state index is -0.873. The molecule has 1 N–H and O–H groups in total. The second kappa shape index (κ2) is 5.35. The van der Waals surface area contributed by atoms with E-state index in [0.717, 1.165) is 17.7 Å². The summed E-state index contributed by atoms with van der Waals surface area (Å²) in [5.41, 5.74) is 0.673. The lowest BCUT2D eigenvalue weighted by Crippen LogP contribution is -2.23. The van der Waals surface area contributed by atoms with E-state index in [1.807, 2.05) is 0 Å². The van der Waals surface area contributed by atoms with Gasteiger partial charge in [-0.25, -0.2) is 8.78 Å². The lowest BCUT2D eigenvalue weighted by molar-refractivity contribution is 0.0947. The van der Waals surface area contributed by atoms with Crippen molar-refractivity contribution in [3.8, 4) is 0 Å². The Labute approximate surface area is 102 Å². The van der Waals surface area contributed by atoms with Crippen molar-refractivity contribution in [3.05, 3.63) is 65.5 Å². The molecule has 5 heteroatoms. The average Bonchev–Trinajstić information content (AvgIpc) is 2.37. The first-order chi connectivity index (χ1) is 8.66. The van der Waals surface area contributed by atoms with Gasteiger partial charge in [0.1, 0.15) is 11.6 Å². The van der Waals surface area contributed by atoms with Gasteiger partial charge in [0, 0.05) is 25.0 Å². The van der Waals surface area contributed by atoms with E-state index in [0.29, 0.717) is 6.07 Å². The third kappa shape index (κ3) is 2.88. The highest BCUT2D eigenvalue weighted by molar-refractivity contribution is 5.94. The van der Waals surface area contributed by atoms with Crippen LogP contribution in [0.25, 0.3) is 0 Å². The number of pyridine rings is 1. The number of hydrogen-bond donors (Lipinski definition) is 1. The zero-order valence-electron chi connectivity index (χ0n) is 9.36. The van der Waals surface area contributed by atoms with Gasteiger partial charge in [0.2, 0.25) is 0 Å². The van der Waals surface area contributed by atoms with Crippen LogP contribution in [0, 0.1) is 11.6 Å². The number of carbonyl (C=O) groups is 1. The molecule has 0 spiro atoms. The van der Waals surface area contributed by atoms with Gasteiger partial charge in [-0.15, -0.1) is 0 Å². The van der Waals surface area contributed by atoms with Crippen LogP contribution in [0.15, 0.2) is 42.7 Å². The van der Waals surface area contributed by atoms with Crippen LogP contribution in [0.4, 0.5) is 8.78 Å². The van der Waals surface area contributed by atoms with E-state index >= 15 is 0 Å². The molecule has 92 valence electrons. The largest absolute Gasteiger partial charge is 0.348 e. The summed E-state index contributed by atoms with van der Waals surface area (Å²) in [7, 11) is 0. The van der Waals surface area contributed by atoms with Gasteiger partial charge in [0.05, 0.1) is 5.56 Å². The Kier molecular flexibility index (Phi) is 3.62. The Bertz CT molecular complexity index is 558. The first-order valence-corrected chi connectivity index (χ1v) is 5.29. The van der Waals surface area contributed by atoms with Crippen molar-refractivity contribution in [2.45, 2.75) is 6.54 Å². The van der Waals surface area contributed by atoms with Crippen LogP contribution < -0.4 is 5.32 Å². The molecular weight excluding hydrogens is 238 g/mol. The number of benzene rings is 1. The molecule has 0 fully saturated rings. The van der Waals surface area contributed by atoms with Gasteiger partial charge < -0.3 is 5.32 Å². The summed E-state index contributed by atoms with van der Waals surface area (Å²) in [6.07, 6.45) is 3.19. The topological polar surface area (TPSA) is 42.0 Å². The maximum absolute atomic E-state index is 13.3. The molecule has 0 bridgehead atoms. The molecule has 0 aliphatic rings. The number of rotatable bonds is 3. The molecule has 0 saturated heterocycles. The highest BCUT2D eigenvalue weighted by Crippen LogP contribution is 2.09. The van der Waals surface area contributed by atoms with Crippen LogP contribution in [-0.2, 0) is 6.54 Å². The van der Waals surface area contributed by atoms with E-state index in [1.165, 1.54) is 0 Å². The van der Waals surface area contributed by atoms with E-state index in [9.17, 15) is 13.6 Å². The van der Waals surface area contributed by atoms with Crippen LogP contribution in [-0.4, -0.2) is 10.9 Å². The summed E-state index contributed by atoms with van der Waals surface area (Å²) >= 11 is 0. The van der Waals surface area contributed by atoms with Crippen LogP contribution in [0.2, 0.25) is 0 Å². The maximum atomic E-state index is 13.3. The third-order valence-corrected chi connectivity index (χ3v) is 2.38. The smallest absolute Gasteiger partial charge is 0.254 e. The molecule has 18 heavy (non-hydrogen) atoms. The van der Waals surface area contributed by atoms with E-state index in [1.54, 1.807) is 24.5 Å². The summed E-state index contributed by atoms with van der Waals surface area (Å²) in [6, 6.07) is 6.32. The fourth-order valence-corrected chi connectivity index (χ4v) is 1.45. The molecule has 1 heterocycles. The number of halogens is 2. The quantitative estimate of drug-likeness (QED) is 0.905. The molecule has 2 aromatic rings. The average molecular weight is 248 g/mol. The highest BCUT2D eigenvalue weighted by atomic mass is 19.1. The molecule has 3 nitrogen and oxygen atoms in total. The number of amides is 1. The van der Waals surface area contributed by atoms with E-state index in [-0.39, 0.29) is 12.1 Å². The van der Waals surface area contributed by atoms with E-state index in [4.69, 9.17) is 0 Å². The SMILES string of the molecule is O=C(NCc1ccncc1)c1ccc(F)cc1F. The molecule has 1 aromatic heterocycles. The van der Waals surface area contributed by atoms with Gasteiger partial charge in [-0.3, -0.25) is 9.78 Å². The molecule has 0 aliphatic heterocycles. The minimum Gasteiger partial charge on any atom is -0.348 e. The number of aromatic nitrogens is 1. The molecule has 1 aromatic carbocycles. The Balaban J connectivity index is 2.04. The van der Waals surface area contributed by atoms with E-state index in [2.05, 4.69) is 10.3 Å². The van der Waals surface area contributed by atoms with Crippen LogP contribution in [0.1, 0.15) is 15.9 Å². The highest BCUT2D eigenvalue weighted by Gasteiger charge is 2.11. The second-order valence-electron chi connectivity index (χ2n) is 3.66. The molecule has 0 radical (unpaired) electrons. The monoisotopic (exact) mass is 248 g/mol. The Morgan fingerprint density at radius 3 is 2.56 bits per heavy atom. The van der Waals surface area contributed by atoms with E-state index < -0.39 is 17.5 Å². The Hall–Kier alpha value is -2.30. The number of nitrogens with zero attached hydrogens (tertiary/aromatic N) is 1. The molecule has 2 rings (SSSR count). The summed E-state index contributed by atoms with van der Waals surface area (Å²) in [5.74, 6) is -2.16. The normalized spacial score (nSPS) is 10.1. The van der Waals surface area contributed by atoms with Crippen molar-refractivity contribution in [2.24, 2.45) is 0 Å². The minimum absolute atomic E-state index is 0.176. The van der Waals surface area contributed by atoms with Crippen molar-refractivity contribution in [1.82, 2.24) is 10.3 Å². The Morgan fingerprint density at radius 2 is 1.89 bits per heavy atom. The van der Waals surface area contributed by atoms with Crippen molar-refractivity contribution in [1.29, 1.82) is 0 Å².